The molecule has 0 spiro atoms. The SMILES string of the molecule is CCN1CCOC(CNC(=O)N(CC(=O)O)C(C)(C)C)C1. The molecule has 1 aliphatic heterocycles. The Morgan fingerprint density at radius 1 is 1.43 bits per heavy atom. The predicted molar refractivity (Wildman–Crippen MR) is 79.3 cm³/mol. The Balaban J connectivity index is 2.51. The van der Waals surface area contributed by atoms with Crippen LogP contribution in [-0.2, 0) is 9.53 Å². The minimum absolute atomic E-state index is 0.0469. The van der Waals surface area contributed by atoms with Gasteiger partial charge in [-0.05, 0) is 27.3 Å². The molecule has 0 saturated carbocycles. The van der Waals surface area contributed by atoms with Crippen molar-refractivity contribution in [2.75, 3.05) is 39.3 Å². The minimum atomic E-state index is -1.02. The molecule has 1 fully saturated rings. The highest BCUT2D eigenvalue weighted by Gasteiger charge is 2.29. The Hall–Kier alpha value is -1.34. The van der Waals surface area contributed by atoms with Crippen molar-refractivity contribution in [2.24, 2.45) is 0 Å². The van der Waals surface area contributed by atoms with Crippen molar-refractivity contribution in [1.29, 1.82) is 0 Å². The number of carbonyl (C=O) groups excluding carboxylic acids is 1. The van der Waals surface area contributed by atoms with Gasteiger partial charge in [0.1, 0.15) is 6.54 Å². The van der Waals surface area contributed by atoms with E-state index < -0.39 is 11.5 Å². The normalized spacial score (nSPS) is 20.1. The summed E-state index contributed by atoms with van der Waals surface area (Å²) in [6.45, 7) is 10.9. The van der Waals surface area contributed by atoms with Crippen molar-refractivity contribution in [2.45, 2.75) is 39.3 Å². The quantitative estimate of drug-likeness (QED) is 0.777. The Morgan fingerprint density at radius 2 is 2.10 bits per heavy atom. The Morgan fingerprint density at radius 3 is 2.62 bits per heavy atom. The average Bonchev–Trinajstić information content (AvgIpc) is 2.41. The molecule has 0 aromatic carbocycles. The maximum Gasteiger partial charge on any atom is 0.323 e. The fourth-order valence-electron chi connectivity index (χ4n) is 2.24. The Labute approximate surface area is 126 Å². The fraction of sp³-hybridized carbons (Fsp3) is 0.857. The maximum atomic E-state index is 12.2. The number of amides is 2. The van der Waals surface area contributed by atoms with E-state index in [1.165, 1.54) is 4.90 Å². The zero-order chi connectivity index (χ0) is 16.0. The molecule has 0 bridgehead atoms. The van der Waals surface area contributed by atoms with Crippen LogP contribution >= 0.6 is 0 Å². The third-order valence-corrected chi connectivity index (χ3v) is 3.50. The van der Waals surface area contributed by atoms with Crippen LogP contribution in [0.25, 0.3) is 0 Å². The van der Waals surface area contributed by atoms with Crippen LogP contribution in [-0.4, -0.2) is 77.9 Å². The molecule has 0 aromatic heterocycles. The Kier molecular flexibility index (Phi) is 6.42. The number of ether oxygens (including phenoxy) is 1. The van der Waals surface area contributed by atoms with Crippen molar-refractivity contribution < 1.29 is 19.4 Å². The molecule has 7 nitrogen and oxygen atoms in total. The van der Waals surface area contributed by atoms with E-state index in [1.807, 2.05) is 20.8 Å². The highest BCUT2D eigenvalue weighted by Crippen LogP contribution is 2.13. The fourth-order valence-corrected chi connectivity index (χ4v) is 2.24. The van der Waals surface area contributed by atoms with Gasteiger partial charge in [0, 0.05) is 25.2 Å². The topological polar surface area (TPSA) is 82.1 Å². The molecule has 1 saturated heterocycles. The van der Waals surface area contributed by atoms with E-state index in [4.69, 9.17) is 9.84 Å². The summed E-state index contributed by atoms with van der Waals surface area (Å²) in [4.78, 5) is 26.7. The molecule has 1 unspecified atom stereocenters. The third-order valence-electron chi connectivity index (χ3n) is 3.50. The first-order chi connectivity index (χ1) is 9.74. The first-order valence-electron chi connectivity index (χ1n) is 7.35. The van der Waals surface area contributed by atoms with Gasteiger partial charge >= 0.3 is 12.0 Å². The summed E-state index contributed by atoms with van der Waals surface area (Å²) in [6.07, 6.45) is -0.0469. The second-order valence-corrected chi connectivity index (χ2v) is 6.22. The lowest BCUT2D eigenvalue weighted by Gasteiger charge is -2.36. The molecule has 1 rings (SSSR count). The number of carboxylic acid groups (broad SMARTS) is 1. The molecular formula is C14H27N3O4. The first-order valence-corrected chi connectivity index (χ1v) is 7.35. The summed E-state index contributed by atoms with van der Waals surface area (Å²) in [5.41, 5.74) is -0.550. The van der Waals surface area contributed by atoms with Gasteiger partial charge in [-0.2, -0.15) is 0 Å². The summed E-state index contributed by atoms with van der Waals surface area (Å²) in [5.74, 6) is -1.02. The van der Waals surface area contributed by atoms with Crippen LogP contribution in [0.1, 0.15) is 27.7 Å². The van der Waals surface area contributed by atoms with Crippen molar-refractivity contribution in [3.63, 3.8) is 0 Å². The van der Waals surface area contributed by atoms with Gasteiger partial charge in [-0.1, -0.05) is 6.92 Å². The zero-order valence-electron chi connectivity index (χ0n) is 13.4. The summed E-state index contributed by atoms with van der Waals surface area (Å²) < 4.78 is 5.62. The van der Waals surface area contributed by atoms with E-state index in [0.29, 0.717) is 13.2 Å². The number of urea groups is 1. The van der Waals surface area contributed by atoms with Gasteiger partial charge in [0.2, 0.25) is 0 Å². The second-order valence-electron chi connectivity index (χ2n) is 6.22. The number of aliphatic carboxylic acids is 1. The number of hydrogen-bond donors (Lipinski definition) is 2. The zero-order valence-corrected chi connectivity index (χ0v) is 13.4. The summed E-state index contributed by atoms with van der Waals surface area (Å²) >= 11 is 0. The molecule has 122 valence electrons. The van der Waals surface area contributed by atoms with Gasteiger partial charge in [0.05, 0.1) is 12.7 Å². The van der Waals surface area contributed by atoms with E-state index in [9.17, 15) is 9.59 Å². The lowest BCUT2D eigenvalue weighted by molar-refractivity contribution is -0.138. The van der Waals surface area contributed by atoms with E-state index in [0.717, 1.165) is 19.6 Å². The van der Waals surface area contributed by atoms with Gasteiger partial charge in [-0.3, -0.25) is 9.69 Å². The monoisotopic (exact) mass is 301 g/mol. The van der Waals surface area contributed by atoms with Crippen LogP contribution in [0.15, 0.2) is 0 Å². The van der Waals surface area contributed by atoms with Gasteiger partial charge in [-0.15, -0.1) is 0 Å². The smallest absolute Gasteiger partial charge is 0.323 e. The number of nitrogens with one attached hydrogen (secondary N) is 1. The highest BCUT2D eigenvalue weighted by atomic mass is 16.5. The van der Waals surface area contributed by atoms with E-state index in [2.05, 4.69) is 17.1 Å². The summed E-state index contributed by atoms with van der Waals surface area (Å²) in [6, 6.07) is -0.373. The van der Waals surface area contributed by atoms with Crippen LogP contribution in [0.2, 0.25) is 0 Å². The number of morpholine rings is 1. The maximum absolute atomic E-state index is 12.2. The van der Waals surface area contributed by atoms with Gasteiger partial charge in [0.25, 0.3) is 0 Å². The van der Waals surface area contributed by atoms with Crippen LogP contribution < -0.4 is 5.32 Å². The minimum Gasteiger partial charge on any atom is -0.480 e. The molecule has 0 aromatic rings. The number of rotatable bonds is 5. The van der Waals surface area contributed by atoms with Gasteiger partial charge < -0.3 is 20.1 Å². The lowest BCUT2D eigenvalue weighted by atomic mass is 10.1. The van der Waals surface area contributed by atoms with Gasteiger partial charge in [0.15, 0.2) is 0 Å². The first kappa shape index (κ1) is 17.7. The van der Waals surface area contributed by atoms with Gasteiger partial charge in [-0.25, -0.2) is 4.79 Å². The molecule has 21 heavy (non-hydrogen) atoms. The second kappa shape index (κ2) is 7.61. The largest absolute Gasteiger partial charge is 0.480 e. The van der Waals surface area contributed by atoms with Crippen LogP contribution in [0, 0.1) is 0 Å². The molecule has 1 atom stereocenters. The standard InChI is InChI=1S/C14H27N3O4/c1-5-16-6-7-21-11(9-16)8-15-13(20)17(10-12(18)19)14(2,3)4/h11H,5-10H2,1-4H3,(H,15,20)(H,18,19). The van der Waals surface area contributed by atoms with Crippen molar-refractivity contribution in [3.8, 4) is 0 Å². The molecule has 2 N–H and O–H groups in total. The van der Waals surface area contributed by atoms with E-state index in [1.54, 1.807) is 0 Å². The third kappa shape index (κ3) is 5.89. The highest BCUT2D eigenvalue weighted by molar-refractivity contribution is 5.80. The number of carboxylic acids is 1. The van der Waals surface area contributed by atoms with Crippen molar-refractivity contribution in [1.82, 2.24) is 15.1 Å². The van der Waals surface area contributed by atoms with Crippen LogP contribution in [0.5, 0.6) is 0 Å². The van der Waals surface area contributed by atoms with Crippen LogP contribution in [0.4, 0.5) is 4.79 Å². The van der Waals surface area contributed by atoms with Crippen molar-refractivity contribution >= 4 is 12.0 Å². The Bertz CT molecular complexity index is 368. The number of likely N-dealkylation sites (N-methyl/N-ethyl adjacent to an activating group) is 1. The summed E-state index contributed by atoms with van der Waals surface area (Å²) in [5, 5.41) is 11.7. The number of carbonyl (C=O) groups is 2. The summed E-state index contributed by atoms with van der Waals surface area (Å²) in [7, 11) is 0. The van der Waals surface area contributed by atoms with E-state index >= 15 is 0 Å². The number of nitrogens with zero attached hydrogens (tertiary/aromatic N) is 2. The van der Waals surface area contributed by atoms with E-state index in [-0.39, 0.29) is 18.7 Å². The molecule has 0 aliphatic carbocycles. The number of hydrogen-bond acceptors (Lipinski definition) is 4. The molecular weight excluding hydrogens is 274 g/mol. The molecule has 2 amide bonds. The average molecular weight is 301 g/mol. The molecule has 0 radical (unpaired) electrons. The molecule has 1 heterocycles. The molecule has 7 heteroatoms. The molecule has 1 aliphatic rings. The van der Waals surface area contributed by atoms with Crippen molar-refractivity contribution in [3.05, 3.63) is 0 Å². The predicted octanol–water partition coefficient (Wildman–Crippen LogP) is 0.602. The lowest BCUT2D eigenvalue weighted by Crippen LogP contribution is -2.55. The van der Waals surface area contributed by atoms with Crippen LogP contribution in [0.3, 0.4) is 0 Å².